The second-order valence-corrected chi connectivity index (χ2v) is 7.91. The van der Waals surface area contributed by atoms with Crippen molar-refractivity contribution in [3.63, 3.8) is 0 Å². The normalized spacial score (nSPS) is 11.2. The van der Waals surface area contributed by atoms with Crippen molar-refractivity contribution in [2.24, 2.45) is 0 Å². The average molecular weight is 346 g/mol. The smallest absolute Gasteiger partial charge is 0.255 e. The topological polar surface area (TPSA) is 66.5 Å². The average Bonchev–Trinajstić information content (AvgIpc) is 2.58. The lowest BCUT2D eigenvalue weighted by atomic mass is 10.1. The number of anilines is 2. The van der Waals surface area contributed by atoms with Gasteiger partial charge in [-0.3, -0.25) is 9.10 Å². The molecule has 0 heterocycles. The third-order valence-corrected chi connectivity index (χ3v) is 5.90. The Labute approximate surface area is 143 Å². The highest BCUT2D eigenvalue weighted by Gasteiger charge is 2.16. The van der Waals surface area contributed by atoms with Crippen LogP contribution in [0.15, 0.2) is 42.5 Å². The molecule has 0 saturated heterocycles. The van der Waals surface area contributed by atoms with Gasteiger partial charge in [0.25, 0.3) is 5.91 Å². The number of rotatable bonds is 5. The minimum absolute atomic E-state index is 0.0262. The van der Waals surface area contributed by atoms with Crippen LogP contribution in [0.3, 0.4) is 0 Å². The van der Waals surface area contributed by atoms with Crippen LogP contribution >= 0.6 is 0 Å². The third-order valence-electron chi connectivity index (χ3n) is 4.13. The Kier molecular flexibility index (Phi) is 5.29. The summed E-state index contributed by atoms with van der Waals surface area (Å²) in [6.45, 7) is 5.54. The molecule has 5 nitrogen and oxygen atoms in total. The highest BCUT2D eigenvalue weighted by molar-refractivity contribution is 7.92. The van der Waals surface area contributed by atoms with Gasteiger partial charge in [0.2, 0.25) is 10.0 Å². The van der Waals surface area contributed by atoms with E-state index in [0.717, 1.165) is 16.8 Å². The predicted molar refractivity (Wildman–Crippen MR) is 98.2 cm³/mol. The minimum atomic E-state index is -3.31. The molecule has 0 fully saturated rings. The van der Waals surface area contributed by atoms with Crippen molar-refractivity contribution in [3.05, 3.63) is 59.2 Å². The van der Waals surface area contributed by atoms with Crippen LogP contribution in [0.25, 0.3) is 0 Å². The van der Waals surface area contributed by atoms with E-state index in [9.17, 15) is 13.2 Å². The van der Waals surface area contributed by atoms with E-state index >= 15 is 0 Å². The van der Waals surface area contributed by atoms with Crippen molar-refractivity contribution in [2.45, 2.75) is 20.8 Å². The van der Waals surface area contributed by atoms with Gasteiger partial charge in [-0.05, 0) is 62.2 Å². The van der Waals surface area contributed by atoms with Gasteiger partial charge in [-0.1, -0.05) is 12.1 Å². The number of nitrogens with zero attached hydrogens (tertiary/aromatic N) is 1. The van der Waals surface area contributed by atoms with Crippen molar-refractivity contribution in [2.75, 3.05) is 22.4 Å². The Morgan fingerprint density at radius 3 is 2.29 bits per heavy atom. The first-order chi connectivity index (χ1) is 11.3. The largest absolute Gasteiger partial charge is 0.322 e. The van der Waals surface area contributed by atoms with E-state index in [4.69, 9.17) is 0 Å². The number of sulfonamides is 1. The Hall–Kier alpha value is -2.34. The zero-order valence-corrected chi connectivity index (χ0v) is 15.1. The highest BCUT2D eigenvalue weighted by Crippen LogP contribution is 2.21. The summed E-state index contributed by atoms with van der Waals surface area (Å²) >= 11 is 0. The molecule has 0 radical (unpaired) electrons. The van der Waals surface area contributed by atoms with Crippen LogP contribution in [-0.2, 0) is 10.0 Å². The van der Waals surface area contributed by atoms with Crippen LogP contribution in [-0.4, -0.2) is 27.1 Å². The maximum absolute atomic E-state index is 12.4. The molecule has 0 aliphatic carbocycles. The SMILES string of the molecule is CCS(=O)(=O)N(C)c1ccc(C(=O)Nc2cccc(C)c2C)cc1. The first kappa shape index (κ1) is 18.0. The summed E-state index contributed by atoms with van der Waals surface area (Å²) in [4.78, 5) is 12.4. The molecule has 1 N–H and O–H groups in total. The molecule has 0 aromatic heterocycles. The molecule has 0 atom stereocenters. The van der Waals surface area contributed by atoms with Crippen LogP contribution in [0.2, 0.25) is 0 Å². The van der Waals surface area contributed by atoms with Crippen molar-refractivity contribution >= 4 is 27.3 Å². The Balaban J connectivity index is 2.19. The fraction of sp³-hybridized carbons (Fsp3) is 0.278. The van der Waals surface area contributed by atoms with E-state index in [-0.39, 0.29) is 11.7 Å². The van der Waals surface area contributed by atoms with Crippen molar-refractivity contribution in [1.82, 2.24) is 0 Å². The van der Waals surface area contributed by atoms with Gasteiger partial charge in [-0.2, -0.15) is 0 Å². The van der Waals surface area contributed by atoms with Crippen LogP contribution in [0.5, 0.6) is 0 Å². The molecule has 0 unspecified atom stereocenters. The molecule has 0 saturated carbocycles. The van der Waals surface area contributed by atoms with Gasteiger partial charge in [0.1, 0.15) is 0 Å². The number of nitrogens with one attached hydrogen (secondary N) is 1. The van der Waals surface area contributed by atoms with E-state index in [1.165, 1.54) is 11.4 Å². The van der Waals surface area contributed by atoms with Crippen LogP contribution < -0.4 is 9.62 Å². The predicted octanol–water partition coefficient (Wildman–Crippen LogP) is 3.34. The number of amides is 1. The van der Waals surface area contributed by atoms with Crippen molar-refractivity contribution in [1.29, 1.82) is 0 Å². The lowest BCUT2D eigenvalue weighted by Gasteiger charge is -2.18. The Morgan fingerprint density at radius 2 is 1.71 bits per heavy atom. The second kappa shape index (κ2) is 7.05. The first-order valence-corrected chi connectivity index (χ1v) is 9.31. The van der Waals surface area contributed by atoms with Crippen LogP contribution in [0.1, 0.15) is 28.4 Å². The Morgan fingerprint density at radius 1 is 1.08 bits per heavy atom. The van der Waals surface area contributed by atoms with E-state index in [2.05, 4.69) is 5.32 Å². The summed E-state index contributed by atoms with van der Waals surface area (Å²) in [7, 11) is -1.81. The second-order valence-electron chi connectivity index (χ2n) is 5.62. The molecule has 128 valence electrons. The zero-order valence-electron chi connectivity index (χ0n) is 14.3. The van der Waals surface area contributed by atoms with Gasteiger partial charge >= 0.3 is 0 Å². The molecule has 6 heteroatoms. The van der Waals surface area contributed by atoms with E-state index < -0.39 is 10.0 Å². The quantitative estimate of drug-likeness (QED) is 0.903. The summed E-state index contributed by atoms with van der Waals surface area (Å²) < 4.78 is 25.0. The number of benzene rings is 2. The molecule has 0 aliphatic rings. The van der Waals surface area contributed by atoms with E-state index in [1.54, 1.807) is 31.2 Å². The monoisotopic (exact) mass is 346 g/mol. The molecule has 24 heavy (non-hydrogen) atoms. The van der Waals surface area contributed by atoms with Gasteiger partial charge < -0.3 is 5.32 Å². The number of carbonyl (C=O) groups excluding carboxylic acids is 1. The zero-order chi connectivity index (χ0) is 17.9. The summed E-state index contributed by atoms with van der Waals surface area (Å²) in [6.07, 6.45) is 0. The summed E-state index contributed by atoms with van der Waals surface area (Å²) in [5.41, 5.74) is 3.91. The van der Waals surface area contributed by atoms with Gasteiger partial charge in [-0.25, -0.2) is 8.42 Å². The highest BCUT2D eigenvalue weighted by atomic mass is 32.2. The fourth-order valence-electron chi connectivity index (χ4n) is 2.26. The van der Waals surface area contributed by atoms with Gasteiger partial charge in [0.15, 0.2) is 0 Å². The molecule has 0 aliphatic heterocycles. The number of hydrogen-bond donors (Lipinski definition) is 1. The third kappa shape index (κ3) is 3.76. The van der Waals surface area contributed by atoms with Crippen LogP contribution in [0, 0.1) is 13.8 Å². The first-order valence-electron chi connectivity index (χ1n) is 7.70. The fourth-order valence-corrected chi connectivity index (χ4v) is 3.09. The standard InChI is InChI=1S/C18H22N2O3S/c1-5-24(22,23)20(4)16-11-9-15(10-12-16)18(21)19-17-8-6-7-13(2)14(17)3/h6-12H,5H2,1-4H3,(H,19,21). The lowest BCUT2D eigenvalue weighted by molar-refractivity contribution is 0.102. The molecule has 1 amide bonds. The number of hydrogen-bond acceptors (Lipinski definition) is 3. The molecule has 0 bridgehead atoms. The molecule has 2 aromatic rings. The summed E-state index contributed by atoms with van der Waals surface area (Å²) in [5.74, 6) is -0.200. The molecular formula is C18H22N2O3S. The van der Waals surface area contributed by atoms with Gasteiger partial charge in [0, 0.05) is 18.3 Å². The minimum Gasteiger partial charge on any atom is -0.322 e. The van der Waals surface area contributed by atoms with Gasteiger partial charge in [-0.15, -0.1) is 0 Å². The molecule has 2 rings (SSSR count). The molecular weight excluding hydrogens is 324 g/mol. The number of aryl methyl sites for hydroxylation is 1. The lowest BCUT2D eigenvalue weighted by Crippen LogP contribution is -2.28. The van der Waals surface area contributed by atoms with Gasteiger partial charge in [0.05, 0.1) is 11.4 Å². The Bertz CT molecular complexity index is 843. The summed E-state index contributed by atoms with van der Waals surface area (Å²) in [6, 6.07) is 12.2. The maximum Gasteiger partial charge on any atom is 0.255 e. The van der Waals surface area contributed by atoms with E-state index in [1.807, 2.05) is 32.0 Å². The maximum atomic E-state index is 12.4. The van der Waals surface area contributed by atoms with Crippen molar-refractivity contribution in [3.8, 4) is 0 Å². The molecule has 0 spiro atoms. The van der Waals surface area contributed by atoms with Crippen molar-refractivity contribution < 1.29 is 13.2 Å². The summed E-state index contributed by atoms with van der Waals surface area (Å²) in [5, 5.41) is 2.89. The number of carbonyl (C=O) groups is 1. The van der Waals surface area contributed by atoms with Crippen LogP contribution in [0.4, 0.5) is 11.4 Å². The van der Waals surface area contributed by atoms with E-state index in [0.29, 0.717) is 11.3 Å². The molecule has 2 aromatic carbocycles.